The summed E-state index contributed by atoms with van der Waals surface area (Å²) in [5, 5.41) is 0. The maximum atomic E-state index is 2.77. The predicted octanol–water partition coefficient (Wildman–Crippen LogP) is 8.98. The summed E-state index contributed by atoms with van der Waals surface area (Å²) in [5.74, 6) is 1.15. The Balaban J connectivity index is 0.000000728. The van der Waals surface area contributed by atoms with E-state index in [-0.39, 0.29) is 5.41 Å². The fraction of sp³-hybridized carbons (Fsp3) is 0.484. The molecule has 0 N–H and O–H groups in total. The molecule has 2 heteroatoms. The van der Waals surface area contributed by atoms with Crippen molar-refractivity contribution in [3.8, 4) is 0 Å². The molecule has 2 aromatic carbocycles. The first kappa shape index (κ1) is 25.1. The molecule has 0 amide bonds. The minimum Gasteiger partial charge on any atom is -0.345 e. The maximum Gasteiger partial charge on any atom is 0.110 e. The zero-order valence-corrected chi connectivity index (χ0v) is 21.8. The molecule has 3 aliphatic rings. The van der Waals surface area contributed by atoms with Crippen molar-refractivity contribution in [3.63, 3.8) is 0 Å². The second-order valence-electron chi connectivity index (χ2n) is 9.10. The third kappa shape index (κ3) is 4.25. The zero-order chi connectivity index (χ0) is 24.0. The van der Waals surface area contributed by atoms with Gasteiger partial charge >= 0.3 is 0 Å². The predicted molar refractivity (Wildman–Crippen MR) is 146 cm³/mol. The number of benzene rings is 2. The van der Waals surface area contributed by atoms with Gasteiger partial charge in [-0.25, -0.2) is 0 Å². The Hall–Kier alpha value is -2.48. The van der Waals surface area contributed by atoms with Crippen LogP contribution in [0, 0.1) is 17.3 Å². The van der Waals surface area contributed by atoms with Crippen LogP contribution >= 0.6 is 0 Å². The minimum atomic E-state index is 0.182. The van der Waals surface area contributed by atoms with Gasteiger partial charge in [0.2, 0.25) is 0 Å². The van der Waals surface area contributed by atoms with Crippen LogP contribution in [-0.2, 0) is 0 Å². The zero-order valence-electron chi connectivity index (χ0n) is 21.8. The molecule has 0 bridgehead atoms. The number of para-hydroxylation sites is 3. The average Bonchev–Trinajstić information content (AvgIpc) is 3.24. The standard InChI is InChI=1S/C27H32N2.2C2H6/c1-4-5-19-27(3)20(2)26-28(21-13-7-6-8-14-21)24-17-11-12-18-25(24)29(26)23-16-10-9-15-22(23)27;2*1-2/h5-14,17-20,22-23,26H,4,15-16H2,1-3H3;2*1-2H3. The van der Waals surface area contributed by atoms with Gasteiger partial charge in [0.25, 0.3) is 0 Å². The van der Waals surface area contributed by atoms with Gasteiger partial charge in [-0.2, -0.15) is 0 Å². The van der Waals surface area contributed by atoms with Crippen LogP contribution in [0.25, 0.3) is 0 Å². The van der Waals surface area contributed by atoms with Gasteiger partial charge in [0.1, 0.15) is 6.17 Å². The van der Waals surface area contributed by atoms with E-state index in [1.165, 1.54) is 23.5 Å². The van der Waals surface area contributed by atoms with E-state index in [1.807, 2.05) is 27.7 Å². The number of allylic oxidation sites excluding steroid dienone is 3. The minimum absolute atomic E-state index is 0.182. The lowest BCUT2D eigenvalue weighted by Crippen LogP contribution is -2.64. The van der Waals surface area contributed by atoms with E-state index in [0.717, 1.165) is 12.8 Å². The van der Waals surface area contributed by atoms with Crippen molar-refractivity contribution in [2.24, 2.45) is 17.3 Å². The monoisotopic (exact) mass is 444 g/mol. The highest BCUT2D eigenvalue weighted by Crippen LogP contribution is 2.59. The van der Waals surface area contributed by atoms with Gasteiger partial charge in [0, 0.05) is 17.6 Å². The first-order valence-electron chi connectivity index (χ1n) is 13.2. The molecule has 1 saturated heterocycles. The molecular weight excluding hydrogens is 400 g/mol. The first-order valence-corrected chi connectivity index (χ1v) is 13.2. The van der Waals surface area contributed by atoms with E-state index < -0.39 is 0 Å². The third-order valence-corrected chi connectivity index (χ3v) is 7.70. The average molecular weight is 445 g/mol. The molecule has 2 heterocycles. The molecular formula is C31H44N2. The Kier molecular flexibility index (Phi) is 8.46. The lowest BCUT2D eigenvalue weighted by atomic mass is 9.58. The molecule has 0 aromatic heterocycles. The fourth-order valence-electron chi connectivity index (χ4n) is 6.10. The maximum absolute atomic E-state index is 2.77. The van der Waals surface area contributed by atoms with Gasteiger partial charge in [0.05, 0.1) is 11.4 Å². The number of nitrogens with zero attached hydrogens (tertiary/aromatic N) is 2. The van der Waals surface area contributed by atoms with Crippen LogP contribution in [0.3, 0.4) is 0 Å². The number of piperidine rings is 1. The molecule has 2 aromatic rings. The molecule has 2 aliphatic heterocycles. The van der Waals surface area contributed by atoms with Crippen molar-refractivity contribution < 1.29 is 0 Å². The second-order valence-corrected chi connectivity index (χ2v) is 9.10. The summed E-state index contributed by atoms with van der Waals surface area (Å²) in [6.45, 7) is 15.2. The van der Waals surface area contributed by atoms with E-state index in [2.05, 4.69) is 109 Å². The Morgan fingerprint density at radius 1 is 0.879 bits per heavy atom. The van der Waals surface area contributed by atoms with Gasteiger partial charge < -0.3 is 9.80 Å². The number of fused-ring (bicyclic) bond motifs is 5. The molecule has 0 saturated carbocycles. The summed E-state index contributed by atoms with van der Waals surface area (Å²) >= 11 is 0. The van der Waals surface area contributed by atoms with Gasteiger partial charge in [-0.3, -0.25) is 0 Å². The summed E-state index contributed by atoms with van der Waals surface area (Å²) in [4.78, 5) is 5.37. The highest BCUT2D eigenvalue weighted by molar-refractivity contribution is 5.84. The van der Waals surface area contributed by atoms with E-state index in [9.17, 15) is 0 Å². The Morgan fingerprint density at radius 2 is 1.48 bits per heavy atom. The van der Waals surface area contributed by atoms with Gasteiger partial charge in [-0.05, 0) is 54.9 Å². The largest absolute Gasteiger partial charge is 0.345 e. The molecule has 5 unspecified atom stereocenters. The number of rotatable bonds is 3. The van der Waals surface area contributed by atoms with Gasteiger partial charge in [-0.15, -0.1) is 0 Å². The molecule has 0 radical (unpaired) electrons. The van der Waals surface area contributed by atoms with Crippen molar-refractivity contribution >= 4 is 17.1 Å². The van der Waals surface area contributed by atoms with Crippen LogP contribution in [0.1, 0.15) is 67.7 Å². The molecule has 5 rings (SSSR count). The van der Waals surface area contributed by atoms with Gasteiger partial charge in [0.15, 0.2) is 0 Å². The number of hydrogen-bond acceptors (Lipinski definition) is 2. The molecule has 2 nitrogen and oxygen atoms in total. The van der Waals surface area contributed by atoms with Crippen LogP contribution in [0.2, 0.25) is 0 Å². The highest BCUT2D eigenvalue weighted by Gasteiger charge is 2.57. The van der Waals surface area contributed by atoms with Crippen LogP contribution in [0.15, 0.2) is 78.9 Å². The summed E-state index contributed by atoms with van der Waals surface area (Å²) in [5.41, 5.74) is 4.24. The highest BCUT2D eigenvalue weighted by atomic mass is 15.4. The van der Waals surface area contributed by atoms with E-state index in [4.69, 9.17) is 0 Å². The number of hydrogen-bond donors (Lipinski definition) is 0. The molecule has 5 atom stereocenters. The topological polar surface area (TPSA) is 6.48 Å². The van der Waals surface area contributed by atoms with Crippen LogP contribution in [0.4, 0.5) is 17.1 Å². The SMILES string of the molecule is CC.CC.CCC=CC1(C)C(C)C2N(c3ccccc3)c3ccccc3N2C2CC=CCC21. The fourth-order valence-corrected chi connectivity index (χ4v) is 6.10. The van der Waals surface area contributed by atoms with Crippen LogP contribution in [0.5, 0.6) is 0 Å². The Bertz CT molecular complexity index is 931. The Labute approximate surface area is 203 Å². The molecule has 1 fully saturated rings. The Morgan fingerprint density at radius 3 is 2.15 bits per heavy atom. The lowest BCUT2D eigenvalue weighted by molar-refractivity contribution is 0.0673. The smallest absolute Gasteiger partial charge is 0.110 e. The summed E-state index contributed by atoms with van der Waals surface area (Å²) in [7, 11) is 0. The van der Waals surface area contributed by atoms with Crippen LogP contribution in [-0.4, -0.2) is 12.2 Å². The van der Waals surface area contributed by atoms with E-state index in [1.54, 1.807) is 0 Å². The normalized spacial score (nSPS) is 29.3. The van der Waals surface area contributed by atoms with E-state index in [0.29, 0.717) is 24.0 Å². The van der Waals surface area contributed by atoms with E-state index >= 15 is 0 Å². The number of anilines is 3. The summed E-state index contributed by atoms with van der Waals surface area (Å²) < 4.78 is 0. The lowest BCUT2D eigenvalue weighted by Gasteiger charge is -2.58. The molecule has 178 valence electrons. The summed E-state index contributed by atoms with van der Waals surface area (Å²) in [6.07, 6.45) is 13.5. The quantitative estimate of drug-likeness (QED) is 0.436. The first-order chi connectivity index (χ1) is 16.2. The molecule has 1 aliphatic carbocycles. The van der Waals surface area contributed by atoms with Crippen molar-refractivity contribution in [1.82, 2.24) is 0 Å². The van der Waals surface area contributed by atoms with Crippen molar-refractivity contribution in [2.75, 3.05) is 9.80 Å². The second kappa shape index (κ2) is 11.1. The van der Waals surface area contributed by atoms with Crippen LogP contribution < -0.4 is 9.80 Å². The van der Waals surface area contributed by atoms with Crippen molar-refractivity contribution in [3.05, 3.63) is 78.9 Å². The van der Waals surface area contributed by atoms with Crippen molar-refractivity contribution in [2.45, 2.75) is 79.9 Å². The molecule has 0 spiro atoms. The third-order valence-electron chi connectivity index (χ3n) is 7.70. The van der Waals surface area contributed by atoms with Gasteiger partial charge in [-0.1, -0.05) is 103 Å². The van der Waals surface area contributed by atoms with Crippen molar-refractivity contribution in [1.29, 1.82) is 0 Å². The molecule has 33 heavy (non-hydrogen) atoms. The summed E-state index contributed by atoms with van der Waals surface area (Å²) in [6, 6.07) is 20.5.